The Kier molecular flexibility index (Phi) is 5.20. The van der Waals surface area contributed by atoms with Crippen LogP contribution < -0.4 is 5.73 Å². The molecule has 2 N–H and O–H groups in total. The van der Waals surface area contributed by atoms with E-state index >= 15 is 0 Å². The third kappa shape index (κ3) is 4.44. The predicted molar refractivity (Wildman–Crippen MR) is 85.6 cm³/mol. The molecule has 1 fully saturated rings. The van der Waals surface area contributed by atoms with Gasteiger partial charge in [0.15, 0.2) is 0 Å². The summed E-state index contributed by atoms with van der Waals surface area (Å²) in [6, 6.07) is 5.89. The molecule has 2 nitrogen and oxygen atoms in total. The molecule has 1 aliphatic rings. The van der Waals surface area contributed by atoms with E-state index in [9.17, 15) is 0 Å². The maximum Gasteiger partial charge on any atom is 0.104 e. The molecular formula is C15H21ClN2S. The van der Waals surface area contributed by atoms with Crippen molar-refractivity contribution in [2.24, 2.45) is 11.7 Å². The van der Waals surface area contributed by atoms with Crippen molar-refractivity contribution >= 4 is 28.8 Å². The van der Waals surface area contributed by atoms with Crippen molar-refractivity contribution in [3.63, 3.8) is 0 Å². The number of nitrogens with two attached hydrogens (primary N) is 1. The van der Waals surface area contributed by atoms with Gasteiger partial charge in [0.1, 0.15) is 4.99 Å². The molecule has 1 saturated carbocycles. The molecule has 0 spiro atoms. The molecule has 1 aromatic carbocycles. The number of hydrogen-bond donors (Lipinski definition) is 1. The van der Waals surface area contributed by atoms with Crippen molar-refractivity contribution in [3.05, 3.63) is 34.3 Å². The lowest BCUT2D eigenvalue weighted by Gasteiger charge is -2.22. The van der Waals surface area contributed by atoms with Gasteiger partial charge in [-0.25, -0.2) is 0 Å². The van der Waals surface area contributed by atoms with Crippen LogP contribution in [0.3, 0.4) is 0 Å². The van der Waals surface area contributed by atoms with Gasteiger partial charge < -0.3 is 5.73 Å². The Hall–Kier alpha value is -0.640. The summed E-state index contributed by atoms with van der Waals surface area (Å²) in [6.45, 7) is 5.46. The molecule has 1 aromatic rings. The van der Waals surface area contributed by atoms with Crippen LogP contribution in [0.15, 0.2) is 18.2 Å². The minimum Gasteiger partial charge on any atom is -0.389 e. The summed E-state index contributed by atoms with van der Waals surface area (Å²) < 4.78 is 0. The maximum atomic E-state index is 6.33. The molecule has 19 heavy (non-hydrogen) atoms. The van der Waals surface area contributed by atoms with Gasteiger partial charge in [0.25, 0.3) is 0 Å². The third-order valence-corrected chi connectivity index (χ3v) is 4.07. The number of rotatable bonds is 7. The largest absolute Gasteiger partial charge is 0.389 e. The average Bonchev–Trinajstić information content (AvgIpc) is 3.15. The zero-order chi connectivity index (χ0) is 13.8. The van der Waals surface area contributed by atoms with Crippen LogP contribution in [-0.2, 0) is 6.54 Å². The minimum atomic E-state index is 0.400. The van der Waals surface area contributed by atoms with E-state index in [0.717, 1.165) is 35.2 Å². The number of hydrogen-bond acceptors (Lipinski definition) is 2. The molecule has 0 amide bonds. The summed E-state index contributed by atoms with van der Waals surface area (Å²) in [5.41, 5.74) is 7.62. The lowest BCUT2D eigenvalue weighted by Crippen LogP contribution is -2.26. The molecule has 4 heteroatoms. The van der Waals surface area contributed by atoms with Crippen molar-refractivity contribution in [2.45, 2.75) is 32.7 Å². The lowest BCUT2D eigenvalue weighted by molar-refractivity contribution is 0.255. The highest BCUT2D eigenvalue weighted by atomic mass is 35.5. The fraction of sp³-hybridized carbons (Fsp3) is 0.533. The second kappa shape index (κ2) is 6.69. The van der Waals surface area contributed by atoms with Crippen LogP contribution in [0.4, 0.5) is 0 Å². The molecule has 0 atom stereocenters. The molecule has 0 saturated heterocycles. The van der Waals surface area contributed by atoms with Crippen LogP contribution >= 0.6 is 23.8 Å². The van der Waals surface area contributed by atoms with Crippen LogP contribution in [0.5, 0.6) is 0 Å². The second-order valence-corrected chi connectivity index (χ2v) is 6.20. The van der Waals surface area contributed by atoms with Crippen LogP contribution in [0.25, 0.3) is 0 Å². The number of thiocarbonyl (C=S) groups is 1. The van der Waals surface area contributed by atoms with Crippen molar-refractivity contribution in [2.75, 3.05) is 13.1 Å². The second-order valence-electron chi connectivity index (χ2n) is 5.35. The molecule has 0 aromatic heterocycles. The Morgan fingerprint density at radius 1 is 1.47 bits per heavy atom. The van der Waals surface area contributed by atoms with E-state index in [1.165, 1.54) is 25.8 Å². The first kappa shape index (κ1) is 14.8. The smallest absolute Gasteiger partial charge is 0.104 e. The molecule has 0 heterocycles. The van der Waals surface area contributed by atoms with Crippen molar-refractivity contribution < 1.29 is 0 Å². The first-order valence-corrected chi connectivity index (χ1v) is 7.69. The Balaban J connectivity index is 2.04. The van der Waals surface area contributed by atoms with Crippen LogP contribution in [-0.4, -0.2) is 23.0 Å². The Bertz CT molecular complexity index is 457. The van der Waals surface area contributed by atoms with Gasteiger partial charge in [-0.1, -0.05) is 42.9 Å². The summed E-state index contributed by atoms with van der Waals surface area (Å²) in [4.78, 5) is 2.90. The van der Waals surface area contributed by atoms with Gasteiger partial charge in [-0.2, -0.15) is 0 Å². The molecular weight excluding hydrogens is 276 g/mol. The summed E-state index contributed by atoms with van der Waals surface area (Å²) in [7, 11) is 0. The molecule has 0 unspecified atom stereocenters. The normalized spacial score (nSPS) is 14.9. The van der Waals surface area contributed by atoms with Gasteiger partial charge in [-0.05, 0) is 43.4 Å². The van der Waals surface area contributed by atoms with E-state index < -0.39 is 0 Å². The zero-order valence-electron chi connectivity index (χ0n) is 11.4. The topological polar surface area (TPSA) is 29.3 Å². The average molecular weight is 297 g/mol. The standard InChI is InChI=1S/C15H21ClN2S/c1-2-7-18(9-11-3-4-11)10-13-6-5-12(15(17)19)8-14(13)16/h5-6,8,11H,2-4,7,9-10H2,1H3,(H2,17,19). The first-order valence-electron chi connectivity index (χ1n) is 6.90. The van der Waals surface area contributed by atoms with Gasteiger partial charge in [-0.3, -0.25) is 4.90 Å². The summed E-state index contributed by atoms with van der Waals surface area (Å²) >= 11 is 11.3. The van der Waals surface area contributed by atoms with Gasteiger partial charge in [0.2, 0.25) is 0 Å². The summed E-state index contributed by atoms with van der Waals surface area (Å²) in [6.07, 6.45) is 3.94. The molecule has 0 aliphatic heterocycles. The summed E-state index contributed by atoms with van der Waals surface area (Å²) in [5, 5.41) is 0.766. The molecule has 104 valence electrons. The van der Waals surface area contributed by atoms with Crippen LogP contribution in [0.1, 0.15) is 37.3 Å². The Morgan fingerprint density at radius 3 is 2.74 bits per heavy atom. The van der Waals surface area contributed by atoms with E-state index in [1.54, 1.807) is 0 Å². The van der Waals surface area contributed by atoms with E-state index in [2.05, 4.69) is 11.8 Å². The fourth-order valence-electron chi connectivity index (χ4n) is 2.29. The number of halogens is 1. The van der Waals surface area contributed by atoms with Gasteiger partial charge >= 0.3 is 0 Å². The predicted octanol–water partition coefficient (Wildman–Crippen LogP) is 3.60. The first-order chi connectivity index (χ1) is 9.10. The Labute approximate surface area is 125 Å². The maximum absolute atomic E-state index is 6.33. The third-order valence-electron chi connectivity index (χ3n) is 3.48. The molecule has 1 aliphatic carbocycles. The molecule has 0 radical (unpaired) electrons. The SMILES string of the molecule is CCCN(Cc1ccc(C(N)=S)cc1Cl)CC1CC1. The highest BCUT2D eigenvalue weighted by Gasteiger charge is 2.24. The zero-order valence-corrected chi connectivity index (χ0v) is 12.9. The fourth-order valence-corrected chi connectivity index (χ4v) is 2.65. The van der Waals surface area contributed by atoms with E-state index in [0.29, 0.717) is 4.99 Å². The van der Waals surface area contributed by atoms with Gasteiger partial charge in [-0.15, -0.1) is 0 Å². The van der Waals surface area contributed by atoms with Crippen molar-refractivity contribution in [3.8, 4) is 0 Å². The Morgan fingerprint density at radius 2 is 2.21 bits per heavy atom. The van der Waals surface area contributed by atoms with E-state index in [-0.39, 0.29) is 0 Å². The molecule has 0 bridgehead atoms. The molecule has 2 rings (SSSR count). The van der Waals surface area contributed by atoms with Gasteiger partial charge in [0.05, 0.1) is 0 Å². The number of nitrogens with zero attached hydrogens (tertiary/aromatic N) is 1. The minimum absolute atomic E-state index is 0.400. The summed E-state index contributed by atoms with van der Waals surface area (Å²) in [5.74, 6) is 0.904. The van der Waals surface area contributed by atoms with Crippen molar-refractivity contribution in [1.29, 1.82) is 0 Å². The highest BCUT2D eigenvalue weighted by Crippen LogP contribution is 2.30. The van der Waals surface area contributed by atoms with E-state index in [4.69, 9.17) is 29.6 Å². The van der Waals surface area contributed by atoms with E-state index in [1.807, 2.05) is 18.2 Å². The monoisotopic (exact) mass is 296 g/mol. The lowest BCUT2D eigenvalue weighted by atomic mass is 10.1. The van der Waals surface area contributed by atoms with Crippen LogP contribution in [0, 0.1) is 5.92 Å². The highest BCUT2D eigenvalue weighted by molar-refractivity contribution is 7.80. The quantitative estimate of drug-likeness (QED) is 0.780. The van der Waals surface area contributed by atoms with Crippen LogP contribution in [0.2, 0.25) is 5.02 Å². The van der Waals surface area contributed by atoms with Crippen molar-refractivity contribution in [1.82, 2.24) is 4.90 Å². The van der Waals surface area contributed by atoms with Gasteiger partial charge in [0, 0.05) is 23.7 Å². The number of benzene rings is 1.